The van der Waals surface area contributed by atoms with Crippen LogP contribution >= 0.6 is 0 Å². The molecule has 1 saturated heterocycles. The van der Waals surface area contributed by atoms with Crippen molar-refractivity contribution in [3.05, 3.63) is 29.8 Å². The number of likely N-dealkylation sites (tertiary alicyclic amines) is 1. The molecule has 4 heteroatoms. The second-order valence-electron chi connectivity index (χ2n) is 5.64. The topological polar surface area (TPSA) is 43.8 Å². The first-order valence-electron chi connectivity index (χ1n) is 6.99. The molecule has 1 N–H and O–H groups in total. The normalized spacial score (nSPS) is 26.4. The molecule has 1 unspecified atom stereocenters. The van der Waals surface area contributed by atoms with Gasteiger partial charge in [0, 0.05) is 18.8 Å². The maximum absolute atomic E-state index is 11.5. The smallest absolute Gasteiger partial charge is 0.409 e. The van der Waals surface area contributed by atoms with Gasteiger partial charge in [-0.3, -0.25) is 4.90 Å². The Morgan fingerprint density at radius 2 is 2.05 bits per heavy atom. The summed E-state index contributed by atoms with van der Waals surface area (Å²) < 4.78 is 0. The van der Waals surface area contributed by atoms with E-state index in [1.807, 2.05) is 6.07 Å². The van der Waals surface area contributed by atoms with E-state index in [1.165, 1.54) is 11.3 Å². The quantitative estimate of drug-likeness (QED) is 0.844. The van der Waals surface area contributed by atoms with Crippen molar-refractivity contribution in [1.29, 1.82) is 0 Å². The van der Waals surface area contributed by atoms with E-state index in [9.17, 15) is 9.90 Å². The van der Waals surface area contributed by atoms with Crippen molar-refractivity contribution < 1.29 is 9.90 Å². The number of para-hydroxylation sites is 1. The van der Waals surface area contributed by atoms with Gasteiger partial charge in [-0.1, -0.05) is 18.2 Å². The molecule has 2 aliphatic heterocycles. The van der Waals surface area contributed by atoms with Gasteiger partial charge in [0.2, 0.25) is 0 Å². The fourth-order valence-corrected chi connectivity index (χ4v) is 3.56. The summed E-state index contributed by atoms with van der Waals surface area (Å²) in [5.74, 6) is 0. The Kier molecular flexibility index (Phi) is 2.88. The molecule has 0 spiro atoms. The molecule has 0 aromatic heterocycles. The fourth-order valence-electron chi connectivity index (χ4n) is 3.56. The van der Waals surface area contributed by atoms with Gasteiger partial charge in [-0.15, -0.1) is 0 Å². The molecule has 4 nitrogen and oxygen atoms in total. The zero-order valence-electron chi connectivity index (χ0n) is 11.3. The summed E-state index contributed by atoms with van der Waals surface area (Å²) in [4.78, 5) is 15.4. The Bertz CT molecular complexity index is 503. The van der Waals surface area contributed by atoms with Crippen molar-refractivity contribution in [3.63, 3.8) is 0 Å². The van der Waals surface area contributed by atoms with Gasteiger partial charge < -0.3 is 10.0 Å². The van der Waals surface area contributed by atoms with Crippen LogP contribution in [0, 0.1) is 0 Å². The average molecular weight is 260 g/mol. The minimum absolute atomic E-state index is 0.387. The molecule has 1 atom stereocenters. The van der Waals surface area contributed by atoms with Gasteiger partial charge in [-0.2, -0.15) is 0 Å². The number of nitrogens with zero attached hydrogens (tertiary/aromatic N) is 2. The van der Waals surface area contributed by atoms with Crippen molar-refractivity contribution in [1.82, 2.24) is 4.90 Å². The Morgan fingerprint density at radius 3 is 2.84 bits per heavy atom. The maximum Gasteiger partial charge on any atom is 0.409 e. The van der Waals surface area contributed by atoms with Crippen molar-refractivity contribution >= 4 is 11.8 Å². The van der Waals surface area contributed by atoms with Crippen LogP contribution in [0.2, 0.25) is 0 Å². The Balaban J connectivity index is 2.01. The van der Waals surface area contributed by atoms with Gasteiger partial charge in [0.1, 0.15) is 5.66 Å². The summed E-state index contributed by atoms with van der Waals surface area (Å²) >= 11 is 0. The second-order valence-corrected chi connectivity index (χ2v) is 5.64. The number of amides is 1. The van der Waals surface area contributed by atoms with Gasteiger partial charge >= 0.3 is 6.09 Å². The van der Waals surface area contributed by atoms with Crippen LogP contribution < -0.4 is 4.90 Å². The highest BCUT2D eigenvalue weighted by atomic mass is 16.4. The van der Waals surface area contributed by atoms with E-state index in [0.717, 1.165) is 32.2 Å². The van der Waals surface area contributed by atoms with Gasteiger partial charge in [-0.05, 0) is 44.2 Å². The first kappa shape index (κ1) is 12.3. The van der Waals surface area contributed by atoms with E-state index in [0.29, 0.717) is 6.54 Å². The van der Waals surface area contributed by atoms with Gasteiger partial charge in [0.25, 0.3) is 0 Å². The molecule has 3 rings (SSSR count). The molecular weight excluding hydrogens is 240 g/mol. The standard InChI is InChI=1S/C15H20N2O2/c1-15(9-5-11-17(15)14(18)19)16-10-4-7-12-6-2-3-8-13(12)16/h2-3,6,8H,4-5,7,9-11H2,1H3,(H,18,19). The van der Waals surface area contributed by atoms with E-state index < -0.39 is 6.09 Å². The molecule has 1 fully saturated rings. The molecule has 2 aliphatic rings. The molecule has 102 valence electrons. The maximum atomic E-state index is 11.5. The van der Waals surface area contributed by atoms with Crippen LogP contribution in [0.15, 0.2) is 24.3 Å². The number of rotatable bonds is 1. The third-order valence-corrected chi connectivity index (χ3v) is 4.54. The van der Waals surface area contributed by atoms with Crippen molar-refractivity contribution in [2.24, 2.45) is 0 Å². The summed E-state index contributed by atoms with van der Waals surface area (Å²) in [7, 11) is 0. The molecule has 1 aromatic carbocycles. The molecule has 0 bridgehead atoms. The molecule has 1 aromatic rings. The number of carbonyl (C=O) groups is 1. The lowest BCUT2D eigenvalue weighted by atomic mass is 9.97. The van der Waals surface area contributed by atoms with Crippen molar-refractivity contribution in [2.75, 3.05) is 18.0 Å². The summed E-state index contributed by atoms with van der Waals surface area (Å²) in [5.41, 5.74) is 2.17. The average Bonchev–Trinajstić information content (AvgIpc) is 2.81. The highest BCUT2D eigenvalue weighted by molar-refractivity contribution is 5.69. The molecule has 0 aliphatic carbocycles. The number of anilines is 1. The Hall–Kier alpha value is -1.71. The SMILES string of the molecule is CC1(N2CCCc3ccccc32)CCCN1C(=O)O. The predicted molar refractivity (Wildman–Crippen MR) is 74.5 cm³/mol. The summed E-state index contributed by atoms with van der Waals surface area (Å²) in [6.45, 7) is 3.65. The molecule has 2 heterocycles. The van der Waals surface area contributed by atoms with Crippen LogP contribution in [-0.2, 0) is 6.42 Å². The monoisotopic (exact) mass is 260 g/mol. The summed E-state index contributed by atoms with van der Waals surface area (Å²) in [5, 5.41) is 9.43. The molecule has 0 radical (unpaired) electrons. The lowest BCUT2D eigenvalue weighted by Crippen LogP contribution is -2.58. The van der Waals surface area contributed by atoms with Gasteiger partial charge in [0.05, 0.1) is 0 Å². The van der Waals surface area contributed by atoms with Crippen LogP contribution in [0.5, 0.6) is 0 Å². The van der Waals surface area contributed by atoms with Crippen LogP contribution in [0.25, 0.3) is 0 Å². The number of hydrogen-bond donors (Lipinski definition) is 1. The van der Waals surface area contributed by atoms with E-state index >= 15 is 0 Å². The predicted octanol–water partition coefficient (Wildman–Crippen LogP) is 2.93. The van der Waals surface area contributed by atoms with Gasteiger partial charge in [-0.25, -0.2) is 4.79 Å². The van der Waals surface area contributed by atoms with Crippen molar-refractivity contribution in [2.45, 2.75) is 38.3 Å². The molecule has 1 amide bonds. The second kappa shape index (κ2) is 4.44. The Morgan fingerprint density at radius 1 is 1.26 bits per heavy atom. The number of fused-ring (bicyclic) bond motifs is 1. The third kappa shape index (κ3) is 1.86. The largest absolute Gasteiger partial charge is 0.465 e. The minimum Gasteiger partial charge on any atom is -0.465 e. The highest BCUT2D eigenvalue weighted by Crippen LogP contribution is 2.39. The third-order valence-electron chi connectivity index (χ3n) is 4.54. The first-order valence-corrected chi connectivity index (χ1v) is 6.99. The van der Waals surface area contributed by atoms with Gasteiger partial charge in [0.15, 0.2) is 0 Å². The zero-order chi connectivity index (χ0) is 13.5. The number of aryl methyl sites for hydroxylation is 1. The van der Waals surface area contributed by atoms with E-state index in [-0.39, 0.29) is 5.66 Å². The lowest BCUT2D eigenvalue weighted by molar-refractivity contribution is 0.107. The fraction of sp³-hybridized carbons (Fsp3) is 0.533. The first-order chi connectivity index (χ1) is 9.13. The summed E-state index contributed by atoms with van der Waals surface area (Å²) in [6, 6.07) is 8.39. The summed E-state index contributed by atoms with van der Waals surface area (Å²) in [6.07, 6.45) is 3.24. The minimum atomic E-state index is -0.803. The molecule has 19 heavy (non-hydrogen) atoms. The van der Waals surface area contributed by atoms with E-state index in [2.05, 4.69) is 30.0 Å². The van der Waals surface area contributed by atoms with E-state index in [4.69, 9.17) is 0 Å². The van der Waals surface area contributed by atoms with Crippen LogP contribution in [0.4, 0.5) is 10.5 Å². The van der Waals surface area contributed by atoms with Crippen molar-refractivity contribution in [3.8, 4) is 0 Å². The van der Waals surface area contributed by atoms with Crippen LogP contribution in [-0.4, -0.2) is 34.9 Å². The number of carboxylic acid groups (broad SMARTS) is 1. The van der Waals surface area contributed by atoms with Crippen LogP contribution in [0.1, 0.15) is 31.7 Å². The zero-order valence-corrected chi connectivity index (χ0v) is 11.3. The molecule has 0 saturated carbocycles. The lowest BCUT2D eigenvalue weighted by Gasteiger charge is -2.47. The number of hydrogen-bond acceptors (Lipinski definition) is 2. The van der Waals surface area contributed by atoms with E-state index in [1.54, 1.807) is 4.90 Å². The molecular formula is C15H20N2O2. The highest BCUT2D eigenvalue weighted by Gasteiger charge is 2.45. The Labute approximate surface area is 113 Å². The van der Waals surface area contributed by atoms with Crippen LogP contribution in [0.3, 0.4) is 0 Å². The number of benzene rings is 1.